The number of nitrogens with one attached hydrogen (secondary N) is 1. The van der Waals surface area contributed by atoms with E-state index < -0.39 is 0 Å². The van der Waals surface area contributed by atoms with Crippen molar-refractivity contribution in [3.05, 3.63) is 17.0 Å². The summed E-state index contributed by atoms with van der Waals surface area (Å²) in [5, 5.41) is 7.82. The van der Waals surface area contributed by atoms with Gasteiger partial charge in [-0.05, 0) is 25.5 Å². The van der Waals surface area contributed by atoms with Crippen LogP contribution in [-0.2, 0) is 19.9 Å². The number of fused-ring (bicyclic) bond motifs is 1. The molecule has 0 fully saturated rings. The first-order valence-electron chi connectivity index (χ1n) is 4.51. The fourth-order valence-electron chi connectivity index (χ4n) is 1.93. The first kappa shape index (κ1) is 7.80. The second-order valence-corrected chi connectivity index (χ2v) is 3.38. The van der Waals surface area contributed by atoms with Crippen LogP contribution in [-0.4, -0.2) is 22.9 Å². The van der Waals surface area contributed by atoms with E-state index in [-0.39, 0.29) is 0 Å². The molecular weight excluding hydrogens is 150 g/mol. The van der Waals surface area contributed by atoms with Crippen molar-refractivity contribution in [1.82, 2.24) is 15.1 Å². The molecule has 1 aliphatic heterocycles. The number of rotatable bonds is 0. The minimum absolute atomic E-state index is 1.09. The van der Waals surface area contributed by atoms with Gasteiger partial charge in [-0.3, -0.25) is 4.68 Å². The zero-order valence-corrected chi connectivity index (χ0v) is 7.72. The summed E-state index contributed by atoms with van der Waals surface area (Å²) in [4.78, 5) is 0. The summed E-state index contributed by atoms with van der Waals surface area (Å²) in [6, 6.07) is 0. The van der Waals surface area contributed by atoms with Gasteiger partial charge >= 0.3 is 0 Å². The molecule has 0 atom stereocenters. The van der Waals surface area contributed by atoms with Crippen LogP contribution in [0.2, 0.25) is 0 Å². The summed E-state index contributed by atoms with van der Waals surface area (Å²) in [7, 11) is 2.04. The summed E-state index contributed by atoms with van der Waals surface area (Å²) in [5.74, 6) is 0. The maximum atomic E-state index is 4.42. The highest BCUT2D eigenvalue weighted by atomic mass is 15.3. The lowest BCUT2D eigenvalue weighted by molar-refractivity contribution is 0.661. The number of hydrogen-bond acceptors (Lipinski definition) is 2. The Hall–Kier alpha value is -0.830. The molecule has 1 aliphatic rings. The molecule has 1 aromatic rings. The van der Waals surface area contributed by atoms with Crippen LogP contribution in [0, 0.1) is 6.92 Å². The van der Waals surface area contributed by atoms with Crippen LogP contribution >= 0.6 is 0 Å². The minimum atomic E-state index is 1.09. The number of hydrogen-bond donors (Lipinski definition) is 1. The van der Waals surface area contributed by atoms with Crippen LogP contribution in [0.1, 0.15) is 17.0 Å². The second kappa shape index (κ2) is 2.90. The molecule has 1 aromatic heterocycles. The Labute approximate surface area is 72.8 Å². The van der Waals surface area contributed by atoms with Gasteiger partial charge in [-0.2, -0.15) is 5.10 Å². The van der Waals surface area contributed by atoms with Crippen molar-refractivity contribution in [2.45, 2.75) is 19.8 Å². The highest BCUT2D eigenvalue weighted by Crippen LogP contribution is 2.15. The van der Waals surface area contributed by atoms with Gasteiger partial charge in [-0.1, -0.05) is 0 Å². The molecule has 66 valence electrons. The minimum Gasteiger partial charge on any atom is -0.316 e. The Morgan fingerprint density at radius 2 is 2.08 bits per heavy atom. The Kier molecular flexibility index (Phi) is 1.89. The molecule has 2 heterocycles. The maximum absolute atomic E-state index is 4.42. The lowest BCUT2D eigenvalue weighted by Gasteiger charge is -1.99. The van der Waals surface area contributed by atoms with Crippen LogP contribution in [0.25, 0.3) is 0 Å². The highest BCUT2D eigenvalue weighted by molar-refractivity contribution is 5.27. The fraction of sp³-hybridized carbons (Fsp3) is 0.667. The largest absolute Gasteiger partial charge is 0.316 e. The molecule has 0 spiro atoms. The maximum Gasteiger partial charge on any atom is 0.0628 e. The Morgan fingerprint density at radius 1 is 1.33 bits per heavy atom. The molecule has 0 amide bonds. The first-order chi connectivity index (χ1) is 5.79. The Balaban J connectivity index is 2.44. The van der Waals surface area contributed by atoms with Crippen molar-refractivity contribution in [2.24, 2.45) is 7.05 Å². The predicted octanol–water partition coefficient (Wildman–Crippen LogP) is 0.417. The van der Waals surface area contributed by atoms with E-state index in [0.717, 1.165) is 25.9 Å². The number of aromatic nitrogens is 2. The normalized spacial score (nSPS) is 17.2. The SMILES string of the molecule is Cc1nn(C)c2c1CCNCC2. The third-order valence-corrected chi connectivity index (χ3v) is 2.57. The number of aryl methyl sites for hydroxylation is 2. The van der Waals surface area contributed by atoms with Crippen LogP contribution in [0.4, 0.5) is 0 Å². The molecule has 0 aliphatic carbocycles. The molecular formula is C9H15N3. The van der Waals surface area contributed by atoms with Gasteiger partial charge in [0.2, 0.25) is 0 Å². The summed E-state index contributed by atoms with van der Waals surface area (Å²) in [5.41, 5.74) is 4.08. The molecule has 0 bridgehead atoms. The molecule has 1 N–H and O–H groups in total. The van der Waals surface area contributed by atoms with E-state index in [0.29, 0.717) is 0 Å². The van der Waals surface area contributed by atoms with E-state index in [1.165, 1.54) is 17.0 Å². The van der Waals surface area contributed by atoms with Crippen molar-refractivity contribution in [3.63, 3.8) is 0 Å². The molecule has 0 saturated heterocycles. The van der Waals surface area contributed by atoms with E-state index in [1.807, 2.05) is 11.7 Å². The van der Waals surface area contributed by atoms with Gasteiger partial charge in [0.1, 0.15) is 0 Å². The molecule has 0 unspecified atom stereocenters. The summed E-state index contributed by atoms with van der Waals surface area (Å²) in [6.45, 7) is 4.29. The standard InChI is InChI=1S/C9H15N3/c1-7-8-3-5-10-6-4-9(8)12(2)11-7/h10H,3-6H2,1-2H3. The lowest BCUT2D eigenvalue weighted by atomic mass is 10.1. The molecule has 3 heteroatoms. The zero-order valence-electron chi connectivity index (χ0n) is 7.72. The van der Waals surface area contributed by atoms with Crippen molar-refractivity contribution < 1.29 is 0 Å². The van der Waals surface area contributed by atoms with Crippen LogP contribution in [0.5, 0.6) is 0 Å². The molecule has 0 aromatic carbocycles. The van der Waals surface area contributed by atoms with Crippen LogP contribution in [0.3, 0.4) is 0 Å². The monoisotopic (exact) mass is 165 g/mol. The molecule has 0 saturated carbocycles. The summed E-state index contributed by atoms with van der Waals surface area (Å²) >= 11 is 0. The van der Waals surface area contributed by atoms with Crippen molar-refractivity contribution >= 4 is 0 Å². The molecule has 0 radical (unpaired) electrons. The zero-order chi connectivity index (χ0) is 8.55. The van der Waals surface area contributed by atoms with E-state index in [9.17, 15) is 0 Å². The first-order valence-corrected chi connectivity index (χ1v) is 4.51. The highest BCUT2D eigenvalue weighted by Gasteiger charge is 2.14. The predicted molar refractivity (Wildman–Crippen MR) is 48.2 cm³/mol. The smallest absolute Gasteiger partial charge is 0.0628 e. The van der Waals surface area contributed by atoms with E-state index in [1.54, 1.807) is 0 Å². The van der Waals surface area contributed by atoms with Crippen molar-refractivity contribution in [2.75, 3.05) is 13.1 Å². The average molecular weight is 165 g/mol. The van der Waals surface area contributed by atoms with E-state index >= 15 is 0 Å². The van der Waals surface area contributed by atoms with E-state index in [4.69, 9.17) is 0 Å². The Bertz CT molecular complexity index is 262. The molecule has 3 nitrogen and oxygen atoms in total. The van der Waals surface area contributed by atoms with Gasteiger partial charge in [0, 0.05) is 25.7 Å². The van der Waals surface area contributed by atoms with Crippen LogP contribution < -0.4 is 5.32 Å². The average Bonchev–Trinajstić information content (AvgIpc) is 2.29. The lowest BCUT2D eigenvalue weighted by Crippen LogP contribution is -2.17. The van der Waals surface area contributed by atoms with Crippen molar-refractivity contribution in [1.29, 1.82) is 0 Å². The molecule has 12 heavy (non-hydrogen) atoms. The van der Waals surface area contributed by atoms with Crippen molar-refractivity contribution in [3.8, 4) is 0 Å². The van der Waals surface area contributed by atoms with Gasteiger partial charge < -0.3 is 5.32 Å². The summed E-state index contributed by atoms with van der Waals surface area (Å²) in [6.07, 6.45) is 2.25. The topological polar surface area (TPSA) is 29.9 Å². The Morgan fingerprint density at radius 3 is 2.92 bits per heavy atom. The quantitative estimate of drug-likeness (QED) is 0.603. The number of nitrogens with zero attached hydrogens (tertiary/aromatic N) is 2. The van der Waals surface area contributed by atoms with E-state index in [2.05, 4.69) is 17.3 Å². The summed E-state index contributed by atoms with van der Waals surface area (Å²) < 4.78 is 2.03. The van der Waals surface area contributed by atoms with Gasteiger partial charge in [0.05, 0.1) is 5.69 Å². The molecule has 2 rings (SSSR count). The fourth-order valence-corrected chi connectivity index (χ4v) is 1.93. The van der Waals surface area contributed by atoms with Gasteiger partial charge in [0.25, 0.3) is 0 Å². The van der Waals surface area contributed by atoms with Gasteiger partial charge in [-0.25, -0.2) is 0 Å². The second-order valence-electron chi connectivity index (χ2n) is 3.38. The van der Waals surface area contributed by atoms with Gasteiger partial charge in [-0.15, -0.1) is 0 Å². The third kappa shape index (κ3) is 1.14. The van der Waals surface area contributed by atoms with Crippen LogP contribution in [0.15, 0.2) is 0 Å². The van der Waals surface area contributed by atoms with Gasteiger partial charge in [0.15, 0.2) is 0 Å². The third-order valence-electron chi connectivity index (χ3n) is 2.57.